The van der Waals surface area contributed by atoms with Gasteiger partial charge in [-0.2, -0.15) is 4.98 Å². The molecular formula is C24H22ClF3N6O2. The summed E-state index contributed by atoms with van der Waals surface area (Å²) in [4.78, 5) is 30.0. The molecule has 0 spiro atoms. The fraction of sp³-hybridized carbons (Fsp3) is 0.417. The molecule has 0 saturated heterocycles. The van der Waals surface area contributed by atoms with Gasteiger partial charge in [-0.25, -0.2) is 23.1 Å². The summed E-state index contributed by atoms with van der Waals surface area (Å²) in [5.74, 6) is -1.10. The zero-order valence-corrected chi connectivity index (χ0v) is 20.1. The van der Waals surface area contributed by atoms with Gasteiger partial charge in [-0.1, -0.05) is 6.92 Å². The van der Waals surface area contributed by atoms with Crippen molar-refractivity contribution in [2.75, 3.05) is 19.6 Å². The lowest BCUT2D eigenvalue weighted by molar-refractivity contribution is 0.0810. The number of hydrogen-bond acceptors (Lipinski definition) is 6. The van der Waals surface area contributed by atoms with Crippen molar-refractivity contribution < 1.29 is 22.7 Å². The number of hydrogen-bond donors (Lipinski definition) is 2. The van der Waals surface area contributed by atoms with Crippen LogP contribution in [0.5, 0.6) is 11.8 Å². The minimum Gasteiger partial charge on any atom is -0.417 e. The molecule has 0 saturated carbocycles. The van der Waals surface area contributed by atoms with E-state index in [1.54, 1.807) is 11.1 Å². The van der Waals surface area contributed by atoms with Gasteiger partial charge in [-0.3, -0.25) is 9.69 Å². The van der Waals surface area contributed by atoms with Crippen molar-refractivity contribution >= 4 is 17.5 Å². The number of pyridine rings is 1. The second kappa shape index (κ2) is 8.74. The maximum atomic E-state index is 16.0. The first-order chi connectivity index (χ1) is 17.3. The Morgan fingerprint density at radius 3 is 2.83 bits per heavy atom. The van der Waals surface area contributed by atoms with Gasteiger partial charge in [0.15, 0.2) is 5.82 Å². The summed E-state index contributed by atoms with van der Waals surface area (Å²) in [5, 5.41) is 2.81. The Labute approximate surface area is 209 Å². The minimum atomic E-state index is -2.49. The van der Waals surface area contributed by atoms with Gasteiger partial charge in [0.1, 0.15) is 0 Å². The zero-order chi connectivity index (χ0) is 25.1. The third-order valence-corrected chi connectivity index (χ3v) is 7.21. The van der Waals surface area contributed by atoms with Gasteiger partial charge in [-0.15, -0.1) is 0 Å². The van der Waals surface area contributed by atoms with Crippen LogP contribution in [0.25, 0.3) is 11.3 Å². The number of fused-ring (bicyclic) bond motifs is 6. The summed E-state index contributed by atoms with van der Waals surface area (Å²) >= 11 is 6.08. The Balaban J connectivity index is 1.40. The molecule has 12 heteroatoms. The number of aromatic nitrogens is 4. The lowest BCUT2D eigenvalue weighted by Crippen LogP contribution is -2.35. The lowest BCUT2D eigenvalue weighted by Gasteiger charge is -2.28. The van der Waals surface area contributed by atoms with Gasteiger partial charge in [-0.05, 0) is 35.6 Å². The number of halogens is 4. The van der Waals surface area contributed by atoms with Crippen LogP contribution in [-0.2, 0) is 25.8 Å². The predicted octanol–water partition coefficient (Wildman–Crippen LogP) is 4.02. The van der Waals surface area contributed by atoms with Crippen LogP contribution >= 0.6 is 11.6 Å². The van der Waals surface area contributed by atoms with Crippen molar-refractivity contribution in [3.8, 4) is 23.0 Å². The number of carbonyl (C=O) groups is 1. The number of rotatable bonds is 4. The van der Waals surface area contributed by atoms with Crippen molar-refractivity contribution in [1.29, 1.82) is 0 Å². The lowest BCUT2D eigenvalue weighted by atomic mass is 9.87. The molecule has 3 aromatic rings. The molecule has 8 nitrogen and oxygen atoms in total. The normalized spacial score (nSPS) is 18.8. The SMILES string of the molecule is C[C@@H]1CNC(=O)c2c1[nH]c1c2CCc2cnc(Oc3nc(Cl)nc4c3CN(CC(F)F)CC4)c(F)c2-1. The molecule has 0 fully saturated rings. The molecule has 0 aromatic carbocycles. The predicted molar refractivity (Wildman–Crippen MR) is 124 cm³/mol. The highest BCUT2D eigenvalue weighted by molar-refractivity contribution is 6.28. The standard InChI is InChI=1S/C24H22ClF3N6O2/c1-10-6-29-21(35)17-12-3-2-11-7-30-23(18(28)16(11)20(12)32-19(10)17)36-22-13-8-34(9-15(26)27)5-4-14(13)31-24(25)33-22/h7,10,15,32H,2-6,8-9H2,1H3,(H,29,35)/t10-/m1/s1. The van der Waals surface area contributed by atoms with Crippen LogP contribution in [0.1, 0.15) is 51.3 Å². The first-order valence-corrected chi connectivity index (χ1v) is 12.1. The van der Waals surface area contributed by atoms with E-state index >= 15 is 4.39 Å². The number of amides is 1. The second-order valence-electron chi connectivity index (χ2n) is 9.36. The molecule has 36 heavy (non-hydrogen) atoms. The fourth-order valence-electron chi connectivity index (χ4n) is 5.32. The van der Waals surface area contributed by atoms with E-state index in [-0.39, 0.29) is 35.4 Å². The highest BCUT2D eigenvalue weighted by Gasteiger charge is 2.35. The molecule has 6 rings (SSSR count). The average Bonchev–Trinajstić information content (AvgIpc) is 3.24. The average molecular weight is 519 g/mol. The Morgan fingerprint density at radius 1 is 1.19 bits per heavy atom. The monoisotopic (exact) mass is 518 g/mol. The van der Waals surface area contributed by atoms with E-state index < -0.39 is 18.8 Å². The summed E-state index contributed by atoms with van der Waals surface area (Å²) in [7, 11) is 0. The third kappa shape index (κ3) is 3.81. The third-order valence-electron chi connectivity index (χ3n) is 7.05. The van der Waals surface area contributed by atoms with E-state index in [0.717, 1.165) is 11.3 Å². The quantitative estimate of drug-likeness (QED) is 0.507. The summed E-state index contributed by atoms with van der Waals surface area (Å²) in [6.07, 6.45) is 0.562. The maximum absolute atomic E-state index is 16.0. The molecule has 0 radical (unpaired) electrons. The highest BCUT2D eigenvalue weighted by Crippen LogP contribution is 2.43. The van der Waals surface area contributed by atoms with Gasteiger partial charge < -0.3 is 15.0 Å². The molecule has 1 amide bonds. The molecule has 0 unspecified atom stereocenters. The number of aromatic amines is 1. The van der Waals surface area contributed by atoms with Gasteiger partial charge >= 0.3 is 0 Å². The molecule has 1 atom stereocenters. The summed E-state index contributed by atoms with van der Waals surface area (Å²) in [6, 6.07) is 0. The van der Waals surface area contributed by atoms with Crippen molar-refractivity contribution in [2.24, 2.45) is 0 Å². The Morgan fingerprint density at radius 2 is 2.03 bits per heavy atom. The molecule has 2 aliphatic heterocycles. The summed E-state index contributed by atoms with van der Waals surface area (Å²) < 4.78 is 47.7. The number of aryl methyl sites for hydroxylation is 1. The van der Waals surface area contributed by atoms with Crippen LogP contribution in [-0.4, -0.2) is 56.8 Å². The number of nitrogens with one attached hydrogen (secondary N) is 2. The molecule has 3 aliphatic rings. The van der Waals surface area contributed by atoms with Gasteiger partial charge in [0.25, 0.3) is 18.2 Å². The van der Waals surface area contributed by atoms with E-state index in [4.69, 9.17) is 16.3 Å². The molecule has 188 valence electrons. The maximum Gasteiger partial charge on any atom is 0.258 e. The van der Waals surface area contributed by atoms with E-state index in [9.17, 15) is 13.6 Å². The van der Waals surface area contributed by atoms with Gasteiger partial charge in [0, 0.05) is 49.4 Å². The van der Waals surface area contributed by atoms with Crippen molar-refractivity contribution in [1.82, 2.24) is 30.2 Å². The van der Waals surface area contributed by atoms with Gasteiger partial charge in [0.05, 0.1) is 29.1 Å². The number of H-pyrrole nitrogens is 1. The van der Waals surface area contributed by atoms with Crippen molar-refractivity contribution in [3.05, 3.63) is 50.9 Å². The van der Waals surface area contributed by atoms with Crippen molar-refractivity contribution in [2.45, 2.75) is 45.1 Å². The van der Waals surface area contributed by atoms with Gasteiger partial charge in [0.2, 0.25) is 11.2 Å². The summed E-state index contributed by atoms with van der Waals surface area (Å²) in [5.41, 5.74) is 4.78. The van der Waals surface area contributed by atoms with E-state index in [1.165, 1.54) is 0 Å². The topological polar surface area (TPSA) is 96.0 Å². The van der Waals surface area contributed by atoms with Crippen LogP contribution in [0, 0.1) is 5.82 Å². The van der Waals surface area contributed by atoms with Crippen LogP contribution in [0.2, 0.25) is 5.28 Å². The summed E-state index contributed by atoms with van der Waals surface area (Å²) in [6.45, 7) is 2.62. The first kappa shape index (κ1) is 23.2. The Kier molecular flexibility index (Phi) is 5.64. The molecular weight excluding hydrogens is 497 g/mol. The first-order valence-electron chi connectivity index (χ1n) is 11.7. The molecule has 3 aromatic heterocycles. The van der Waals surface area contributed by atoms with Crippen LogP contribution in [0.15, 0.2) is 6.20 Å². The zero-order valence-electron chi connectivity index (χ0n) is 19.3. The van der Waals surface area contributed by atoms with Crippen LogP contribution < -0.4 is 10.1 Å². The smallest absolute Gasteiger partial charge is 0.258 e. The molecule has 2 N–H and O–H groups in total. The van der Waals surface area contributed by atoms with E-state index in [0.29, 0.717) is 66.0 Å². The fourth-order valence-corrected chi connectivity index (χ4v) is 5.50. The highest BCUT2D eigenvalue weighted by atomic mass is 35.5. The Hall–Kier alpha value is -3.18. The van der Waals surface area contributed by atoms with E-state index in [2.05, 4.69) is 25.3 Å². The second-order valence-corrected chi connectivity index (χ2v) is 9.70. The largest absolute Gasteiger partial charge is 0.417 e. The molecule has 1 aliphatic carbocycles. The van der Waals surface area contributed by atoms with Crippen LogP contribution in [0.3, 0.4) is 0 Å². The van der Waals surface area contributed by atoms with E-state index in [1.807, 2.05) is 6.92 Å². The number of nitrogens with zero attached hydrogens (tertiary/aromatic N) is 4. The van der Waals surface area contributed by atoms with Crippen LogP contribution in [0.4, 0.5) is 13.2 Å². The van der Waals surface area contributed by atoms with Crippen molar-refractivity contribution in [3.63, 3.8) is 0 Å². The Bertz CT molecular complexity index is 1390. The number of ether oxygens (including phenoxy) is 1. The molecule has 0 bridgehead atoms. The minimum absolute atomic E-state index is 0.00914. The number of carbonyl (C=O) groups excluding carboxylic acids is 1. The molecule has 5 heterocycles. The number of alkyl halides is 2.